The molecule has 0 bridgehead atoms. The van der Waals surface area contributed by atoms with Crippen molar-refractivity contribution in [3.8, 4) is 0 Å². The van der Waals surface area contributed by atoms with Crippen LogP contribution in [0.5, 0.6) is 0 Å². The van der Waals surface area contributed by atoms with Crippen molar-refractivity contribution >= 4 is 11.6 Å². The molecule has 1 aliphatic carbocycles. The fourth-order valence-electron chi connectivity index (χ4n) is 2.19. The van der Waals surface area contributed by atoms with E-state index in [1.807, 2.05) is 6.92 Å². The molecule has 2 rings (SSSR count). The van der Waals surface area contributed by atoms with Crippen LogP contribution in [0.15, 0.2) is 18.2 Å². The van der Waals surface area contributed by atoms with Crippen molar-refractivity contribution in [2.24, 2.45) is 0 Å². The fourth-order valence-corrected chi connectivity index (χ4v) is 2.19. The number of rotatable bonds is 5. The minimum absolute atomic E-state index is 0.0624. The molecule has 0 saturated carbocycles. The molecule has 0 radical (unpaired) electrons. The van der Waals surface area contributed by atoms with Gasteiger partial charge in [0.05, 0.1) is 6.54 Å². The van der Waals surface area contributed by atoms with Gasteiger partial charge in [0.25, 0.3) is 0 Å². The van der Waals surface area contributed by atoms with E-state index in [4.69, 9.17) is 0 Å². The molecule has 3 heteroatoms. The average molecular weight is 232 g/mol. The summed E-state index contributed by atoms with van der Waals surface area (Å²) in [6, 6.07) is 6.42. The first-order valence-electron chi connectivity index (χ1n) is 6.42. The van der Waals surface area contributed by atoms with Gasteiger partial charge in [-0.25, -0.2) is 0 Å². The Hall–Kier alpha value is -1.51. The van der Waals surface area contributed by atoms with E-state index in [-0.39, 0.29) is 5.91 Å². The molecule has 0 fully saturated rings. The summed E-state index contributed by atoms with van der Waals surface area (Å²) in [6.45, 7) is 3.16. The molecule has 1 aliphatic rings. The van der Waals surface area contributed by atoms with E-state index in [2.05, 4.69) is 28.8 Å². The lowest BCUT2D eigenvalue weighted by Gasteiger charge is -2.08. The molecule has 92 valence electrons. The largest absolute Gasteiger partial charge is 0.376 e. The van der Waals surface area contributed by atoms with Crippen LogP contribution in [0.25, 0.3) is 0 Å². The average Bonchev–Trinajstić information content (AvgIpc) is 2.81. The van der Waals surface area contributed by atoms with Gasteiger partial charge >= 0.3 is 0 Å². The second kappa shape index (κ2) is 5.71. The van der Waals surface area contributed by atoms with E-state index in [9.17, 15) is 4.79 Å². The predicted octanol–water partition coefficient (Wildman–Crippen LogP) is 2.11. The van der Waals surface area contributed by atoms with Crippen LogP contribution in [0, 0.1) is 0 Å². The summed E-state index contributed by atoms with van der Waals surface area (Å²) in [5.74, 6) is 0.0624. The molecule has 1 aromatic rings. The van der Waals surface area contributed by atoms with Gasteiger partial charge in [-0.2, -0.15) is 0 Å². The second-order valence-corrected chi connectivity index (χ2v) is 4.54. The lowest BCUT2D eigenvalue weighted by Crippen LogP contribution is -2.30. The third kappa shape index (κ3) is 3.22. The van der Waals surface area contributed by atoms with Gasteiger partial charge < -0.3 is 10.6 Å². The van der Waals surface area contributed by atoms with E-state index in [0.29, 0.717) is 6.54 Å². The lowest BCUT2D eigenvalue weighted by molar-refractivity contribution is -0.119. The van der Waals surface area contributed by atoms with Crippen molar-refractivity contribution in [2.45, 2.75) is 32.6 Å². The fraction of sp³-hybridized carbons (Fsp3) is 0.500. The van der Waals surface area contributed by atoms with Crippen LogP contribution < -0.4 is 10.6 Å². The smallest absolute Gasteiger partial charge is 0.239 e. The number of hydrogen-bond donors (Lipinski definition) is 2. The van der Waals surface area contributed by atoms with Crippen molar-refractivity contribution in [2.75, 3.05) is 18.4 Å². The molecule has 1 amide bonds. The molecule has 0 heterocycles. The monoisotopic (exact) mass is 232 g/mol. The van der Waals surface area contributed by atoms with Crippen LogP contribution in [-0.2, 0) is 17.6 Å². The Bertz CT molecular complexity index is 401. The number of carbonyl (C=O) groups excluding carboxylic acids is 1. The summed E-state index contributed by atoms with van der Waals surface area (Å²) >= 11 is 0. The molecular formula is C14H20N2O. The third-order valence-corrected chi connectivity index (χ3v) is 3.12. The highest BCUT2D eigenvalue weighted by Crippen LogP contribution is 2.24. The number of carbonyl (C=O) groups is 1. The molecule has 0 unspecified atom stereocenters. The molecule has 0 saturated heterocycles. The highest BCUT2D eigenvalue weighted by atomic mass is 16.1. The van der Waals surface area contributed by atoms with Crippen LogP contribution in [0.4, 0.5) is 5.69 Å². The molecule has 0 aliphatic heterocycles. The Balaban J connectivity index is 1.85. The number of anilines is 1. The summed E-state index contributed by atoms with van der Waals surface area (Å²) in [5.41, 5.74) is 3.95. The predicted molar refractivity (Wildman–Crippen MR) is 70.3 cm³/mol. The summed E-state index contributed by atoms with van der Waals surface area (Å²) in [6.07, 6.45) is 4.61. The summed E-state index contributed by atoms with van der Waals surface area (Å²) in [5, 5.41) is 6.02. The highest BCUT2D eigenvalue weighted by Gasteiger charge is 2.10. The van der Waals surface area contributed by atoms with Crippen LogP contribution in [0.3, 0.4) is 0 Å². The molecular weight excluding hydrogens is 212 g/mol. The summed E-state index contributed by atoms with van der Waals surface area (Å²) in [4.78, 5) is 11.4. The zero-order valence-electron chi connectivity index (χ0n) is 10.4. The minimum Gasteiger partial charge on any atom is -0.376 e. The van der Waals surface area contributed by atoms with E-state index >= 15 is 0 Å². The van der Waals surface area contributed by atoms with Crippen LogP contribution in [0.1, 0.15) is 30.9 Å². The van der Waals surface area contributed by atoms with Gasteiger partial charge in [-0.15, -0.1) is 0 Å². The van der Waals surface area contributed by atoms with Crippen LogP contribution in [0.2, 0.25) is 0 Å². The standard InChI is InChI=1S/C14H20N2O/c1-2-8-15-14(17)10-16-13-7-6-11-4-3-5-12(11)9-13/h6-7,9,16H,2-5,8,10H2,1H3,(H,15,17). The van der Waals surface area contributed by atoms with Gasteiger partial charge in [0.15, 0.2) is 0 Å². The topological polar surface area (TPSA) is 41.1 Å². The molecule has 3 nitrogen and oxygen atoms in total. The van der Waals surface area contributed by atoms with E-state index < -0.39 is 0 Å². The first-order chi connectivity index (χ1) is 8.29. The van der Waals surface area contributed by atoms with Gasteiger partial charge in [0.2, 0.25) is 5.91 Å². The minimum atomic E-state index is 0.0624. The van der Waals surface area contributed by atoms with Gasteiger partial charge in [0.1, 0.15) is 0 Å². The van der Waals surface area contributed by atoms with Crippen LogP contribution >= 0.6 is 0 Å². The first-order valence-corrected chi connectivity index (χ1v) is 6.42. The Morgan fingerprint density at radius 1 is 1.29 bits per heavy atom. The van der Waals surface area contributed by atoms with E-state index in [0.717, 1.165) is 18.7 Å². The first kappa shape index (κ1) is 12.0. The van der Waals surface area contributed by atoms with Crippen LogP contribution in [-0.4, -0.2) is 19.0 Å². The SMILES string of the molecule is CCCNC(=O)CNc1ccc2c(c1)CCC2. The number of fused-ring (bicyclic) bond motifs is 1. The normalized spacial score (nSPS) is 13.2. The van der Waals surface area contributed by atoms with Crippen molar-refractivity contribution in [1.82, 2.24) is 5.32 Å². The molecule has 2 N–H and O–H groups in total. The van der Waals surface area contributed by atoms with Gasteiger partial charge in [-0.05, 0) is 48.9 Å². The van der Waals surface area contributed by atoms with Crippen molar-refractivity contribution in [3.63, 3.8) is 0 Å². The second-order valence-electron chi connectivity index (χ2n) is 4.54. The molecule has 0 spiro atoms. The Morgan fingerprint density at radius 3 is 2.94 bits per heavy atom. The van der Waals surface area contributed by atoms with Crippen molar-refractivity contribution in [3.05, 3.63) is 29.3 Å². The van der Waals surface area contributed by atoms with Gasteiger partial charge in [-0.3, -0.25) is 4.79 Å². The molecule has 17 heavy (non-hydrogen) atoms. The maximum atomic E-state index is 11.4. The lowest BCUT2D eigenvalue weighted by atomic mass is 10.1. The quantitative estimate of drug-likeness (QED) is 0.816. The van der Waals surface area contributed by atoms with Gasteiger partial charge in [0, 0.05) is 12.2 Å². The molecule has 0 aromatic heterocycles. The van der Waals surface area contributed by atoms with E-state index in [1.54, 1.807) is 0 Å². The maximum Gasteiger partial charge on any atom is 0.239 e. The number of nitrogens with one attached hydrogen (secondary N) is 2. The zero-order chi connectivity index (χ0) is 12.1. The number of hydrogen-bond acceptors (Lipinski definition) is 2. The zero-order valence-corrected chi connectivity index (χ0v) is 10.4. The summed E-state index contributed by atoms with van der Waals surface area (Å²) < 4.78 is 0. The van der Waals surface area contributed by atoms with E-state index in [1.165, 1.54) is 30.4 Å². The van der Waals surface area contributed by atoms with Gasteiger partial charge in [-0.1, -0.05) is 13.0 Å². The Morgan fingerprint density at radius 2 is 2.12 bits per heavy atom. The Kier molecular flexibility index (Phi) is 4.02. The highest BCUT2D eigenvalue weighted by molar-refractivity contribution is 5.80. The Labute approximate surface area is 103 Å². The summed E-state index contributed by atoms with van der Waals surface area (Å²) in [7, 11) is 0. The maximum absolute atomic E-state index is 11.4. The number of benzene rings is 1. The van der Waals surface area contributed by atoms with Crippen molar-refractivity contribution < 1.29 is 4.79 Å². The third-order valence-electron chi connectivity index (χ3n) is 3.12. The number of amides is 1. The molecule has 1 aromatic carbocycles. The van der Waals surface area contributed by atoms with Crippen molar-refractivity contribution in [1.29, 1.82) is 0 Å². The number of aryl methyl sites for hydroxylation is 2. The molecule has 0 atom stereocenters.